The zero-order valence-corrected chi connectivity index (χ0v) is 19.5. The van der Waals surface area contributed by atoms with E-state index in [1.807, 2.05) is 49.1 Å². The minimum atomic E-state index is -0.271. The lowest BCUT2D eigenvalue weighted by Gasteiger charge is -2.16. The number of nitrogens with zero attached hydrogens (tertiary/aromatic N) is 7. The Morgan fingerprint density at radius 1 is 1.18 bits per heavy atom. The lowest BCUT2D eigenvalue weighted by atomic mass is 10.1. The van der Waals surface area contributed by atoms with Crippen LogP contribution in [0.15, 0.2) is 36.8 Å². The molecule has 1 atom stereocenters. The number of ether oxygens (including phenoxy) is 1. The van der Waals surface area contributed by atoms with Gasteiger partial charge < -0.3 is 9.64 Å². The van der Waals surface area contributed by atoms with E-state index in [1.165, 1.54) is 0 Å². The minimum Gasteiger partial charge on any atom is -0.482 e. The lowest BCUT2D eigenvalue weighted by molar-refractivity contribution is 0.224. The third-order valence-electron chi connectivity index (χ3n) is 6.12. The number of hydrogen-bond acceptors (Lipinski definition) is 6. The SMILES string of the molecule is Cc1ccc(C(C)Oc2cc(-c3nn4c(c3C)CCN(C#N)CC4)cn3ncc(Cl)c23)nc1. The minimum absolute atomic E-state index is 0.271. The van der Waals surface area contributed by atoms with Crippen molar-refractivity contribution in [3.05, 3.63) is 64.3 Å². The van der Waals surface area contributed by atoms with Gasteiger partial charge in [0.2, 0.25) is 0 Å². The van der Waals surface area contributed by atoms with E-state index in [0.717, 1.165) is 40.2 Å². The van der Waals surface area contributed by atoms with Crippen LogP contribution in [-0.4, -0.2) is 42.4 Å². The first-order valence-corrected chi connectivity index (χ1v) is 11.3. The van der Waals surface area contributed by atoms with E-state index in [0.29, 0.717) is 35.9 Å². The normalized spacial score (nSPS) is 14.6. The number of pyridine rings is 2. The highest BCUT2D eigenvalue weighted by atomic mass is 35.5. The summed E-state index contributed by atoms with van der Waals surface area (Å²) in [6, 6.07) is 5.97. The van der Waals surface area contributed by atoms with E-state index in [1.54, 1.807) is 15.6 Å². The maximum Gasteiger partial charge on any atom is 0.179 e. The van der Waals surface area contributed by atoms with E-state index < -0.39 is 0 Å². The largest absolute Gasteiger partial charge is 0.482 e. The molecule has 8 nitrogen and oxygen atoms in total. The monoisotopic (exact) mass is 461 g/mol. The van der Waals surface area contributed by atoms with Gasteiger partial charge in [0.15, 0.2) is 6.19 Å². The van der Waals surface area contributed by atoms with Gasteiger partial charge in [0.1, 0.15) is 17.4 Å². The number of aryl methyl sites for hydroxylation is 1. The highest BCUT2D eigenvalue weighted by molar-refractivity contribution is 6.34. The maximum absolute atomic E-state index is 9.24. The molecule has 0 amide bonds. The van der Waals surface area contributed by atoms with Crippen molar-refractivity contribution in [1.82, 2.24) is 29.3 Å². The number of hydrogen-bond donors (Lipinski definition) is 0. The first-order chi connectivity index (χ1) is 15.9. The molecule has 168 valence electrons. The van der Waals surface area contributed by atoms with Crippen molar-refractivity contribution >= 4 is 17.1 Å². The van der Waals surface area contributed by atoms with Gasteiger partial charge in [-0.3, -0.25) is 9.67 Å². The van der Waals surface area contributed by atoms with Crippen LogP contribution in [0.5, 0.6) is 5.75 Å². The summed E-state index contributed by atoms with van der Waals surface area (Å²) < 4.78 is 10.1. The summed E-state index contributed by atoms with van der Waals surface area (Å²) in [7, 11) is 0. The molecular weight excluding hydrogens is 438 g/mol. The highest BCUT2D eigenvalue weighted by Crippen LogP contribution is 2.36. The summed E-state index contributed by atoms with van der Waals surface area (Å²) in [5.41, 5.74) is 6.69. The van der Waals surface area contributed by atoms with Crippen molar-refractivity contribution in [1.29, 1.82) is 5.26 Å². The third kappa shape index (κ3) is 3.89. The van der Waals surface area contributed by atoms with E-state index in [-0.39, 0.29) is 6.10 Å². The van der Waals surface area contributed by atoms with Gasteiger partial charge >= 0.3 is 0 Å². The average molecular weight is 462 g/mol. The number of nitriles is 1. The van der Waals surface area contributed by atoms with Crippen LogP contribution >= 0.6 is 11.6 Å². The molecule has 9 heteroatoms. The molecule has 1 unspecified atom stereocenters. The summed E-state index contributed by atoms with van der Waals surface area (Å²) in [4.78, 5) is 6.28. The predicted molar refractivity (Wildman–Crippen MR) is 125 cm³/mol. The van der Waals surface area contributed by atoms with Gasteiger partial charge in [-0.1, -0.05) is 17.7 Å². The van der Waals surface area contributed by atoms with Crippen molar-refractivity contribution < 1.29 is 4.74 Å². The average Bonchev–Trinajstić information content (AvgIpc) is 3.25. The first kappa shape index (κ1) is 21.3. The molecule has 4 aromatic rings. The molecule has 33 heavy (non-hydrogen) atoms. The van der Waals surface area contributed by atoms with Gasteiger partial charge in [0.05, 0.1) is 29.2 Å². The van der Waals surface area contributed by atoms with Crippen LogP contribution in [0.2, 0.25) is 5.02 Å². The van der Waals surface area contributed by atoms with Crippen LogP contribution in [0.1, 0.15) is 35.5 Å². The molecule has 0 spiro atoms. The Balaban J connectivity index is 1.55. The van der Waals surface area contributed by atoms with Crippen molar-refractivity contribution in [2.75, 3.05) is 13.1 Å². The topological polar surface area (TPSA) is 84.3 Å². The summed E-state index contributed by atoms with van der Waals surface area (Å²) in [5, 5.41) is 19.1. The number of aromatic nitrogens is 5. The highest BCUT2D eigenvalue weighted by Gasteiger charge is 2.22. The molecule has 0 fully saturated rings. The van der Waals surface area contributed by atoms with Crippen molar-refractivity contribution in [3.63, 3.8) is 0 Å². The predicted octanol–water partition coefficient (Wildman–Crippen LogP) is 4.34. The number of fused-ring (bicyclic) bond motifs is 2. The number of halogens is 1. The molecule has 0 aliphatic carbocycles. The van der Waals surface area contributed by atoms with Gasteiger partial charge in [-0.25, -0.2) is 4.52 Å². The second-order valence-electron chi connectivity index (χ2n) is 8.38. The Bertz CT molecular complexity index is 1370. The van der Waals surface area contributed by atoms with Gasteiger partial charge in [0.25, 0.3) is 0 Å². The lowest BCUT2D eigenvalue weighted by Crippen LogP contribution is -2.21. The maximum atomic E-state index is 9.24. The number of rotatable bonds is 4. The van der Waals surface area contributed by atoms with Gasteiger partial charge in [-0.05, 0) is 44.0 Å². The summed E-state index contributed by atoms with van der Waals surface area (Å²) >= 11 is 6.46. The molecule has 1 aliphatic rings. The Hall–Kier alpha value is -3.57. The summed E-state index contributed by atoms with van der Waals surface area (Å²) in [5.74, 6) is 0.628. The molecule has 0 saturated carbocycles. The fourth-order valence-electron chi connectivity index (χ4n) is 4.27. The molecule has 4 aromatic heterocycles. The van der Waals surface area contributed by atoms with Crippen LogP contribution in [-0.2, 0) is 13.0 Å². The summed E-state index contributed by atoms with van der Waals surface area (Å²) in [6.45, 7) is 8.10. The third-order valence-corrected chi connectivity index (χ3v) is 6.40. The second-order valence-corrected chi connectivity index (χ2v) is 8.79. The van der Waals surface area contributed by atoms with Crippen LogP contribution in [0.3, 0.4) is 0 Å². The second kappa shape index (κ2) is 8.41. The quantitative estimate of drug-likeness (QED) is 0.420. The van der Waals surface area contributed by atoms with Gasteiger partial charge in [-0.2, -0.15) is 15.5 Å². The standard InChI is InChI=1S/C24H24ClN7O/c1-15-4-5-20(27-11-15)17(3)33-22-10-18(13-32-24(22)19(25)12-28-32)23-16(2)21-6-7-30(14-26)8-9-31(21)29-23/h4-5,10-13,17H,6-9H2,1-3H3. The van der Waals surface area contributed by atoms with Gasteiger partial charge in [-0.15, -0.1) is 0 Å². The fraction of sp³-hybridized carbons (Fsp3) is 0.333. The molecule has 1 aliphatic heterocycles. The van der Waals surface area contributed by atoms with Crippen LogP contribution in [0.4, 0.5) is 0 Å². The zero-order chi connectivity index (χ0) is 23.1. The molecule has 0 aromatic carbocycles. The van der Waals surface area contributed by atoms with E-state index in [2.05, 4.69) is 23.2 Å². The Labute approximate surface area is 197 Å². The van der Waals surface area contributed by atoms with E-state index in [4.69, 9.17) is 21.4 Å². The van der Waals surface area contributed by atoms with Gasteiger partial charge in [0, 0.05) is 43.2 Å². The van der Waals surface area contributed by atoms with Crippen molar-refractivity contribution in [2.24, 2.45) is 0 Å². The molecular formula is C24H24ClN7O. The van der Waals surface area contributed by atoms with E-state index in [9.17, 15) is 5.26 Å². The summed E-state index contributed by atoms with van der Waals surface area (Å²) in [6.07, 6.45) is 8.14. The van der Waals surface area contributed by atoms with Crippen molar-refractivity contribution in [2.45, 2.75) is 39.8 Å². The van der Waals surface area contributed by atoms with E-state index >= 15 is 0 Å². The molecule has 5 heterocycles. The molecule has 0 saturated heterocycles. The Morgan fingerprint density at radius 2 is 2.03 bits per heavy atom. The molecule has 5 rings (SSSR count). The Kier molecular flexibility index (Phi) is 5.43. The van der Waals surface area contributed by atoms with Crippen LogP contribution in [0.25, 0.3) is 16.8 Å². The first-order valence-electron chi connectivity index (χ1n) is 10.9. The zero-order valence-electron chi connectivity index (χ0n) is 18.8. The van der Waals surface area contributed by atoms with Crippen LogP contribution < -0.4 is 4.74 Å². The molecule has 0 N–H and O–H groups in total. The molecule has 0 bridgehead atoms. The fourth-order valence-corrected chi connectivity index (χ4v) is 4.49. The smallest absolute Gasteiger partial charge is 0.179 e. The Morgan fingerprint density at radius 3 is 2.79 bits per heavy atom. The molecule has 0 radical (unpaired) electrons. The van der Waals surface area contributed by atoms with Crippen molar-refractivity contribution in [3.8, 4) is 23.2 Å². The van der Waals surface area contributed by atoms with Crippen LogP contribution in [0, 0.1) is 25.3 Å².